The Balaban J connectivity index is 2.58. The Morgan fingerprint density at radius 2 is 2.13 bits per heavy atom. The van der Waals surface area contributed by atoms with E-state index in [1.807, 2.05) is 19.9 Å². The molecule has 0 aliphatic rings. The average molecular weight is 222 g/mol. The van der Waals surface area contributed by atoms with Gasteiger partial charge < -0.3 is 5.73 Å². The molecule has 0 radical (unpaired) electrons. The predicted molar refractivity (Wildman–Crippen MR) is 59.9 cm³/mol. The summed E-state index contributed by atoms with van der Waals surface area (Å²) in [5, 5.41) is 0. The molecule has 0 amide bonds. The predicted octanol–water partition coefficient (Wildman–Crippen LogP) is 1.09. The largest absolute Gasteiger partial charge is 0.368 e. The quantitative estimate of drug-likeness (QED) is 0.756. The van der Waals surface area contributed by atoms with Crippen LogP contribution in [0, 0.1) is 13.8 Å². The number of aromatic amines is 1. The van der Waals surface area contributed by atoms with Crippen LogP contribution in [0.3, 0.4) is 0 Å². The van der Waals surface area contributed by atoms with Gasteiger partial charge in [-0.25, -0.2) is 4.79 Å². The summed E-state index contributed by atoms with van der Waals surface area (Å²) in [6, 6.07) is 1.97. The second-order valence-corrected chi connectivity index (χ2v) is 4.47. The Hall–Kier alpha value is -1.69. The van der Waals surface area contributed by atoms with Crippen LogP contribution in [0.15, 0.2) is 10.9 Å². The summed E-state index contributed by atoms with van der Waals surface area (Å²) < 4.78 is 0. The number of aryl methyl sites for hydroxylation is 2. The monoisotopic (exact) mass is 222 g/mol. The van der Waals surface area contributed by atoms with E-state index in [4.69, 9.17) is 5.73 Å². The summed E-state index contributed by atoms with van der Waals surface area (Å²) in [5.41, 5.74) is 6.11. The molecule has 2 aromatic heterocycles. The number of nitrogens with zero attached hydrogens (tertiary/aromatic N) is 2. The number of hydrogen-bond donors (Lipinski definition) is 2. The van der Waals surface area contributed by atoms with Crippen LogP contribution in [0.25, 0.3) is 10.7 Å². The standard InChI is InChI=1S/C9H10N4OS/c1-4-3-6(15-5(4)2)7-11-8(10)13-9(14)12-7/h3H,1-2H3,(H3,10,11,12,13,14). The van der Waals surface area contributed by atoms with E-state index in [0.29, 0.717) is 5.82 Å². The number of nitrogens with two attached hydrogens (primary N) is 1. The van der Waals surface area contributed by atoms with Gasteiger partial charge in [0.1, 0.15) is 0 Å². The van der Waals surface area contributed by atoms with E-state index in [9.17, 15) is 4.79 Å². The minimum atomic E-state index is -0.471. The molecule has 0 bridgehead atoms. The zero-order valence-electron chi connectivity index (χ0n) is 8.37. The first-order chi connectivity index (χ1) is 7.06. The van der Waals surface area contributed by atoms with Crippen LogP contribution in [0.2, 0.25) is 0 Å². The number of hydrogen-bond acceptors (Lipinski definition) is 5. The van der Waals surface area contributed by atoms with Crippen LogP contribution in [-0.4, -0.2) is 15.0 Å². The minimum Gasteiger partial charge on any atom is -0.368 e. The third-order valence-corrected chi connectivity index (χ3v) is 3.23. The van der Waals surface area contributed by atoms with E-state index in [-0.39, 0.29) is 5.95 Å². The molecule has 0 aliphatic heterocycles. The van der Waals surface area contributed by atoms with Gasteiger partial charge in [-0.05, 0) is 25.5 Å². The zero-order valence-corrected chi connectivity index (χ0v) is 9.18. The van der Waals surface area contributed by atoms with Crippen LogP contribution in [0.4, 0.5) is 5.95 Å². The number of nitrogen functional groups attached to an aromatic ring is 1. The molecule has 2 heterocycles. The Kier molecular flexibility index (Phi) is 2.28. The number of anilines is 1. The van der Waals surface area contributed by atoms with E-state index in [1.165, 1.54) is 10.4 Å². The second-order valence-electron chi connectivity index (χ2n) is 3.21. The van der Waals surface area contributed by atoms with E-state index in [2.05, 4.69) is 15.0 Å². The molecular weight excluding hydrogens is 212 g/mol. The van der Waals surface area contributed by atoms with Gasteiger partial charge in [-0.15, -0.1) is 11.3 Å². The van der Waals surface area contributed by atoms with Gasteiger partial charge >= 0.3 is 5.69 Å². The van der Waals surface area contributed by atoms with Crippen molar-refractivity contribution in [2.24, 2.45) is 0 Å². The summed E-state index contributed by atoms with van der Waals surface area (Å²) >= 11 is 1.57. The van der Waals surface area contributed by atoms with Crippen LogP contribution in [0.1, 0.15) is 10.4 Å². The second kappa shape index (κ2) is 3.47. The molecule has 5 nitrogen and oxygen atoms in total. The molecule has 0 fully saturated rings. The molecule has 0 atom stereocenters. The highest BCUT2D eigenvalue weighted by Crippen LogP contribution is 2.27. The number of H-pyrrole nitrogens is 1. The Morgan fingerprint density at radius 1 is 1.40 bits per heavy atom. The average Bonchev–Trinajstić information content (AvgIpc) is 2.45. The van der Waals surface area contributed by atoms with Gasteiger partial charge in [-0.1, -0.05) is 0 Å². The van der Waals surface area contributed by atoms with Gasteiger partial charge in [0.2, 0.25) is 5.95 Å². The lowest BCUT2D eigenvalue weighted by atomic mass is 10.3. The fourth-order valence-corrected chi connectivity index (χ4v) is 2.19. The van der Waals surface area contributed by atoms with Crippen LogP contribution in [0.5, 0.6) is 0 Å². The van der Waals surface area contributed by atoms with E-state index < -0.39 is 5.69 Å². The first kappa shape index (κ1) is 9.85. The maximum absolute atomic E-state index is 11.1. The van der Waals surface area contributed by atoms with Crippen LogP contribution >= 0.6 is 11.3 Å². The van der Waals surface area contributed by atoms with Crippen molar-refractivity contribution in [3.05, 3.63) is 27.0 Å². The molecule has 0 aromatic carbocycles. The Morgan fingerprint density at radius 3 is 2.67 bits per heavy atom. The minimum absolute atomic E-state index is 0.00236. The summed E-state index contributed by atoms with van der Waals surface area (Å²) in [5.74, 6) is 0.478. The van der Waals surface area contributed by atoms with Gasteiger partial charge in [0.25, 0.3) is 0 Å². The fourth-order valence-electron chi connectivity index (χ4n) is 1.21. The normalized spacial score (nSPS) is 10.5. The Labute approximate surface area is 90.0 Å². The van der Waals surface area contributed by atoms with Crippen molar-refractivity contribution >= 4 is 17.3 Å². The highest BCUT2D eigenvalue weighted by molar-refractivity contribution is 7.15. The van der Waals surface area contributed by atoms with Crippen LogP contribution < -0.4 is 11.4 Å². The lowest BCUT2D eigenvalue weighted by molar-refractivity contribution is 1.01. The molecule has 0 saturated heterocycles. The molecule has 15 heavy (non-hydrogen) atoms. The molecule has 78 valence electrons. The topological polar surface area (TPSA) is 84.7 Å². The smallest absolute Gasteiger partial charge is 0.349 e. The summed E-state index contributed by atoms with van der Waals surface area (Å²) in [6.07, 6.45) is 0. The van der Waals surface area contributed by atoms with Gasteiger partial charge in [0, 0.05) is 4.88 Å². The highest BCUT2D eigenvalue weighted by Gasteiger charge is 2.07. The number of nitrogens with one attached hydrogen (secondary N) is 1. The SMILES string of the molecule is Cc1cc(-c2nc(N)nc(=O)[nH]2)sc1C. The summed E-state index contributed by atoms with van der Waals surface area (Å²) in [6.45, 7) is 4.03. The Bertz CT molecular complexity index is 538. The maximum Gasteiger partial charge on any atom is 0.349 e. The number of thiophene rings is 1. The molecule has 0 aliphatic carbocycles. The highest BCUT2D eigenvalue weighted by atomic mass is 32.1. The maximum atomic E-state index is 11.1. The van der Waals surface area contributed by atoms with Gasteiger partial charge in [-0.2, -0.15) is 9.97 Å². The van der Waals surface area contributed by atoms with Crippen molar-refractivity contribution in [1.29, 1.82) is 0 Å². The molecule has 3 N–H and O–H groups in total. The molecular formula is C9H10N4OS. The van der Waals surface area contributed by atoms with Crippen molar-refractivity contribution < 1.29 is 0 Å². The first-order valence-corrected chi connectivity index (χ1v) is 5.19. The van der Waals surface area contributed by atoms with Gasteiger partial charge in [0.15, 0.2) is 5.82 Å². The lowest BCUT2D eigenvalue weighted by Crippen LogP contribution is -2.15. The van der Waals surface area contributed by atoms with Gasteiger partial charge in [0.05, 0.1) is 4.88 Å². The first-order valence-electron chi connectivity index (χ1n) is 4.37. The van der Waals surface area contributed by atoms with E-state index in [1.54, 1.807) is 11.3 Å². The van der Waals surface area contributed by atoms with Crippen molar-refractivity contribution in [1.82, 2.24) is 15.0 Å². The third kappa shape index (κ3) is 1.89. The van der Waals surface area contributed by atoms with Gasteiger partial charge in [-0.3, -0.25) is 4.98 Å². The fraction of sp³-hybridized carbons (Fsp3) is 0.222. The molecule has 2 rings (SSSR count). The van der Waals surface area contributed by atoms with Crippen molar-refractivity contribution in [2.45, 2.75) is 13.8 Å². The summed E-state index contributed by atoms with van der Waals surface area (Å²) in [7, 11) is 0. The summed E-state index contributed by atoms with van der Waals surface area (Å²) in [4.78, 5) is 23.2. The number of aromatic nitrogens is 3. The molecule has 2 aromatic rings. The third-order valence-electron chi connectivity index (χ3n) is 2.07. The van der Waals surface area contributed by atoms with E-state index >= 15 is 0 Å². The lowest BCUT2D eigenvalue weighted by Gasteiger charge is -1.96. The molecule has 0 spiro atoms. The van der Waals surface area contributed by atoms with E-state index in [0.717, 1.165) is 4.88 Å². The molecule has 0 unspecified atom stereocenters. The van der Waals surface area contributed by atoms with Crippen molar-refractivity contribution in [3.63, 3.8) is 0 Å². The molecule has 0 saturated carbocycles. The molecule has 6 heteroatoms. The number of rotatable bonds is 1. The van der Waals surface area contributed by atoms with Crippen molar-refractivity contribution in [3.8, 4) is 10.7 Å². The van der Waals surface area contributed by atoms with Crippen LogP contribution in [-0.2, 0) is 0 Å². The van der Waals surface area contributed by atoms with Crippen molar-refractivity contribution in [2.75, 3.05) is 5.73 Å². The zero-order chi connectivity index (χ0) is 11.0.